The Hall–Kier alpha value is -9.01. The van der Waals surface area contributed by atoms with Crippen LogP contribution in [0.25, 0.3) is 56.5 Å². The number of allylic oxidation sites excluding steroid dienone is 4. The minimum absolute atomic E-state index is 0.0350. The second kappa shape index (κ2) is 45.5. The van der Waals surface area contributed by atoms with Gasteiger partial charge in [-0.05, 0) is 201 Å². The summed E-state index contributed by atoms with van der Waals surface area (Å²) in [4.78, 5) is 58.4. The van der Waals surface area contributed by atoms with Crippen LogP contribution in [0, 0.1) is 41.5 Å². The molecule has 5 saturated carbocycles. The van der Waals surface area contributed by atoms with Crippen molar-refractivity contribution >= 4 is 125 Å². The molecule has 4 bridgehead atoms. The van der Waals surface area contributed by atoms with Gasteiger partial charge in [-0.25, -0.2) is 9.44 Å². The minimum atomic E-state index is -4.05. The number of nitrogens with one attached hydrogen (secondary N) is 2. The number of hydrogen-bond donors (Lipinski definition) is 2. The van der Waals surface area contributed by atoms with E-state index in [4.69, 9.17) is 28.9 Å². The standard InChI is InChI=1S/C34H39N3O5S.C32H35N3O5S.C21H26N2.C18H33P.C7H6.2ClH.Ru/c1-5-7-13-31(38)26-19-25-20-27(42-4)15-17-28(25)33-32(23-11-9-8-10-12-23)29-16-14-24(21-30(29)37(33)22-26)34(39)35-43(40,41)36(3)18-6-2;1-34-16-8-4-7-11-29(36)24-17-23-18-25(40-2)13-15-26(23)31-30(21-9-5-3-6-10-21)27-14-12-22(19-28(27)35(31)20-24)32(37)33-41(34,38)39;1-14-9-16(3)20(17(4)10-14)22-7-8-23(13-22)21-18(5)11-15(2)12-19(21)6;1-4-10-16(11-5-1)19(17-12-6-2-7-13-17)18-14-8-3-9-15-18;1-7-5-3-2-4-6-7;;;/h5-6,14-17,19-21,23H,1-2,7-13,18,22H2,3-4H3,(H,35,39);4,8,12-15,17-19,21H,3,5-7,9-11,16,20H2,1-2H3,(H,33,37);9-12H,7-8H2,1-6H3;16-18H,1-15H2;1-6H;2*1H;/q;;;;;;;+2/p-2. The summed E-state index contributed by atoms with van der Waals surface area (Å²) in [6.45, 7) is 23.0. The Kier molecular flexibility index (Phi) is 33.9. The predicted octanol–water partition coefficient (Wildman–Crippen LogP) is 25.7. The number of nitrogens with zero attached hydrogens (tertiary/aromatic N) is 6. The molecule has 6 fully saturated rings. The molecule has 18 rings (SSSR count). The molecule has 2 N–H and O–H groups in total. The van der Waals surface area contributed by atoms with Crippen LogP contribution in [-0.4, -0.2) is 138 Å². The van der Waals surface area contributed by atoms with E-state index in [9.17, 15) is 36.0 Å². The number of benzene rings is 7. The van der Waals surface area contributed by atoms with Crippen LogP contribution in [-0.2, 0) is 55.0 Å². The zero-order valence-electron chi connectivity index (χ0n) is 81.4. The zero-order chi connectivity index (χ0) is 96.3. The van der Waals surface area contributed by atoms with E-state index in [-0.39, 0.29) is 35.8 Å². The Morgan fingerprint density at radius 3 is 1.56 bits per heavy atom. The van der Waals surface area contributed by atoms with Crippen LogP contribution in [0.2, 0.25) is 0 Å². The summed E-state index contributed by atoms with van der Waals surface area (Å²) in [6.07, 6.45) is 47.3. The first-order valence-electron chi connectivity index (χ1n) is 49.5. The summed E-state index contributed by atoms with van der Waals surface area (Å²) in [5, 5.41) is 2.06. The number of amides is 2. The molecule has 2 amide bonds. The summed E-state index contributed by atoms with van der Waals surface area (Å²) >= 11 is -3.44. The molecule has 18 nitrogen and oxygen atoms in total. The molecule has 0 spiro atoms. The van der Waals surface area contributed by atoms with E-state index in [1.54, 1.807) is 128 Å². The number of methoxy groups -OCH3 is 2. The second-order valence-corrected chi connectivity index (χ2v) is 54.7. The Bertz CT molecular complexity index is 6290. The summed E-state index contributed by atoms with van der Waals surface area (Å²) in [5.74, 6) is 0.779. The topological polar surface area (TPSA) is 202 Å². The molecule has 24 heteroatoms. The number of ether oxygens (including phenoxy) is 2. The van der Waals surface area contributed by atoms with Crippen molar-refractivity contribution in [3.63, 3.8) is 0 Å². The van der Waals surface area contributed by atoms with E-state index in [1.807, 2.05) is 72.8 Å². The molecule has 6 heterocycles. The van der Waals surface area contributed by atoms with Crippen LogP contribution in [0.4, 0.5) is 11.4 Å². The van der Waals surface area contributed by atoms with Gasteiger partial charge in [0.25, 0.3) is 11.8 Å². The van der Waals surface area contributed by atoms with Gasteiger partial charge in [-0.15, -0.1) is 13.2 Å². The first kappa shape index (κ1) is 101. The fraction of sp³-hybridized carbons (Fsp3) is 0.446. The Balaban J connectivity index is 0.000000142. The summed E-state index contributed by atoms with van der Waals surface area (Å²) < 4.78 is 76.3. The summed E-state index contributed by atoms with van der Waals surface area (Å²) in [7, 11) is 13.2. The number of aryl methyl sites for hydroxylation is 6. The van der Waals surface area contributed by atoms with Gasteiger partial charge in [-0.1, -0.05) is 141 Å². The van der Waals surface area contributed by atoms with Crippen LogP contribution < -0.4 is 28.7 Å². The van der Waals surface area contributed by atoms with Crippen molar-refractivity contribution in [1.29, 1.82) is 0 Å². The van der Waals surface area contributed by atoms with Gasteiger partial charge in [0.2, 0.25) is 0 Å². The molecule has 7 aromatic carbocycles. The number of fused-ring (bicyclic) bond motifs is 9. The average molecular weight is 2020 g/mol. The van der Waals surface area contributed by atoms with Crippen molar-refractivity contribution < 1.29 is 57.4 Å². The summed E-state index contributed by atoms with van der Waals surface area (Å²) in [5.41, 5.74) is 26.6. The molecule has 9 aromatic rings. The van der Waals surface area contributed by atoms with E-state index in [0.29, 0.717) is 75.4 Å². The molecule has 0 radical (unpaired) electrons. The maximum atomic E-state index is 13.6. The molecule has 2 aromatic heterocycles. The first-order valence-corrected chi connectivity index (χ1v) is 60.2. The van der Waals surface area contributed by atoms with Gasteiger partial charge in [-0.2, -0.15) is 25.4 Å². The van der Waals surface area contributed by atoms with E-state index < -0.39 is 44.1 Å². The number of rotatable bonds is 19. The zero-order valence-corrected chi connectivity index (χ0v) is 87.1. The molecule has 0 atom stereocenters. The van der Waals surface area contributed by atoms with Crippen molar-refractivity contribution in [3.05, 3.63) is 248 Å². The Labute approximate surface area is 819 Å². The molecule has 9 aliphatic rings. The van der Waals surface area contributed by atoms with Crippen LogP contribution in [0.1, 0.15) is 280 Å². The van der Waals surface area contributed by atoms with E-state index >= 15 is 0 Å². The average Bonchev–Trinajstić information content (AvgIpc) is 1.65. The van der Waals surface area contributed by atoms with Gasteiger partial charge in [-0.3, -0.25) is 19.2 Å². The van der Waals surface area contributed by atoms with Crippen LogP contribution in [0.5, 0.6) is 11.5 Å². The molecule has 5 aliphatic carbocycles. The van der Waals surface area contributed by atoms with Crippen molar-refractivity contribution in [2.45, 2.75) is 270 Å². The fourth-order valence-corrected chi connectivity index (χ4v) is 35.2. The number of anilines is 2. The maximum absolute atomic E-state index is 13.6. The third-order valence-electron chi connectivity index (χ3n) is 29.1. The van der Waals surface area contributed by atoms with E-state index in [2.05, 4.69) is 136 Å². The number of aromatic nitrogens is 2. The molecule has 726 valence electrons. The van der Waals surface area contributed by atoms with Crippen molar-refractivity contribution in [2.75, 3.05) is 64.3 Å². The third kappa shape index (κ3) is 23.2. The summed E-state index contributed by atoms with van der Waals surface area (Å²) in [6, 6.07) is 42.0. The number of ketones is 2. The van der Waals surface area contributed by atoms with Gasteiger partial charge in [0, 0.05) is 95.2 Å². The SMILES string of the molecule is C1CCC(P(C2CCCCC2)C2CCCCC2)CC1.C=CCCC(=O)C1=Cc2cc(OC)ccc2-c2c(C3CCCCC3)c3ccc(C(=O)NS(=O)(=O)N(C)CC=C)cc3n2C1.COc1ccc2c(c1)C=C1Cn3c-2c(C2CCCCC2)c2ccc(cc23)C(=O)NS(=O)(=O)N(C)CC=CCCC1=O.Cc1cc(C)c(N2CCN(c3c(C)cc(C)cc3C)[C]2=[Ru]([Cl])([Cl])=[CH]c2ccccc2)c(C)c1. The number of carbonyl (C=O) groups is 4. The van der Waals surface area contributed by atoms with Crippen LogP contribution in [0.3, 0.4) is 0 Å². The van der Waals surface area contributed by atoms with Gasteiger partial charge >= 0.3 is 230 Å². The first-order chi connectivity index (χ1) is 65.5. The van der Waals surface area contributed by atoms with Gasteiger partial charge < -0.3 is 18.6 Å². The quantitative estimate of drug-likeness (QED) is 0.0441. The fourth-order valence-electron chi connectivity index (χ4n) is 22.8. The van der Waals surface area contributed by atoms with Crippen LogP contribution in [0.15, 0.2) is 176 Å². The normalized spacial score (nSPS) is 18.5. The molecule has 4 aliphatic heterocycles. The molecular formula is C112H139Cl2N8O10PRuS2. The predicted molar refractivity (Wildman–Crippen MR) is 563 cm³/mol. The third-order valence-corrected chi connectivity index (χ3v) is 41.6. The van der Waals surface area contributed by atoms with E-state index in [1.165, 1.54) is 125 Å². The number of Topliss-reactive ketones (excluding diaryl/α,β-unsaturated/α-hetero) is 2. The van der Waals surface area contributed by atoms with E-state index in [0.717, 1.165) is 144 Å². The Morgan fingerprint density at radius 2 is 1.07 bits per heavy atom. The number of halogens is 2. The van der Waals surface area contributed by atoms with Gasteiger partial charge in [0.1, 0.15) is 11.5 Å². The van der Waals surface area contributed by atoms with Crippen molar-refractivity contribution in [3.8, 4) is 34.0 Å². The Morgan fingerprint density at radius 1 is 0.588 bits per heavy atom. The second-order valence-electron chi connectivity index (χ2n) is 38.8. The number of likely N-dealkylation sites (N-methyl/N-ethyl adjacent to an activating group) is 2. The van der Waals surface area contributed by atoms with Crippen molar-refractivity contribution in [2.24, 2.45) is 0 Å². The van der Waals surface area contributed by atoms with Crippen molar-refractivity contribution in [1.82, 2.24) is 27.2 Å². The number of hydrogen-bond acceptors (Lipinski definition) is 12. The van der Waals surface area contributed by atoms with Crippen LogP contribution >= 0.6 is 27.3 Å². The molecule has 0 unspecified atom stereocenters. The monoisotopic (exact) mass is 2020 g/mol. The van der Waals surface area contributed by atoms with Gasteiger partial charge in [0.05, 0.1) is 38.7 Å². The molecule has 136 heavy (non-hydrogen) atoms. The molecular weight excluding hydrogens is 1880 g/mol. The van der Waals surface area contributed by atoms with Gasteiger partial charge in [0.15, 0.2) is 11.6 Å². The number of carbonyl (C=O) groups excluding carboxylic acids is 4. The molecule has 1 saturated heterocycles.